The third-order valence-corrected chi connectivity index (χ3v) is 3.63. The molecule has 1 aliphatic heterocycles. The number of piperazine rings is 1. The second-order valence-corrected chi connectivity index (χ2v) is 5.39. The Morgan fingerprint density at radius 2 is 1.82 bits per heavy atom. The van der Waals surface area contributed by atoms with Gasteiger partial charge in [-0.1, -0.05) is 29.8 Å². The lowest BCUT2D eigenvalue weighted by Gasteiger charge is -2.37. The topological polar surface area (TPSA) is 6.48 Å². The maximum Gasteiger partial charge on any atom is 0.0234 e. The summed E-state index contributed by atoms with van der Waals surface area (Å²) in [6.45, 7) is 12.7. The number of rotatable bonds is 3. The predicted molar refractivity (Wildman–Crippen MR) is 73.2 cm³/mol. The monoisotopic (exact) mass is 232 g/mol. The van der Waals surface area contributed by atoms with Gasteiger partial charge in [-0.2, -0.15) is 0 Å². The summed E-state index contributed by atoms with van der Waals surface area (Å²) < 4.78 is 0. The van der Waals surface area contributed by atoms with E-state index in [2.05, 4.69) is 54.8 Å². The molecule has 1 aromatic rings. The van der Waals surface area contributed by atoms with E-state index < -0.39 is 0 Å². The number of aryl methyl sites for hydroxylation is 1. The minimum atomic E-state index is 0.691. The Balaban J connectivity index is 1.86. The molecule has 1 heterocycles. The molecule has 2 rings (SSSR count). The van der Waals surface area contributed by atoms with E-state index in [9.17, 15) is 0 Å². The van der Waals surface area contributed by atoms with E-state index >= 15 is 0 Å². The lowest BCUT2D eigenvalue weighted by atomic mass is 10.1. The van der Waals surface area contributed by atoms with Crippen molar-refractivity contribution < 1.29 is 0 Å². The van der Waals surface area contributed by atoms with Crippen LogP contribution in [0.5, 0.6) is 0 Å². The van der Waals surface area contributed by atoms with Crippen molar-refractivity contribution in [2.24, 2.45) is 0 Å². The van der Waals surface area contributed by atoms with Crippen molar-refractivity contribution in [2.45, 2.75) is 33.4 Å². The van der Waals surface area contributed by atoms with E-state index in [0.717, 1.165) is 6.54 Å². The Bertz CT molecular complexity index is 352. The zero-order valence-electron chi connectivity index (χ0n) is 11.3. The van der Waals surface area contributed by atoms with Crippen molar-refractivity contribution in [3.8, 4) is 0 Å². The molecule has 1 fully saturated rings. The minimum Gasteiger partial charge on any atom is -0.298 e. The highest BCUT2D eigenvalue weighted by molar-refractivity contribution is 5.22. The fourth-order valence-electron chi connectivity index (χ4n) is 2.51. The molecule has 0 radical (unpaired) electrons. The van der Waals surface area contributed by atoms with Gasteiger partial charge in [-0.15, -0.1) is 0 Å². The largest absolute Gasteiger partial charge is 0.298 e. The zero-order chi connectivity index (χ0) is 12.3. The van der Waals surface area contributed by atoms with Gasteiger partial charge < -0.3 is 0 Å². The summed E-state index contributed by atoms with van der Waals surface area (Å²) >= 11 is 0. The van der Waals surface area contributed by atoms with Crippen molar-refractivity contribution in [2.75, 3.05) is 26.2 Å². The summed E-state index contributed by atoms with van der Waals surface area (Å²) in [6, 6.07) is 9.56. The molecule has 1 aromatic carbocycles. The highest BCUT2D eigenvalue weighted by atomic mass is 15.3. The molecule has 2 nitrogen and oxygen atoms in total. The fraction of sp³-hybridized carbons (Fsp3) is 0.600. The van der Waals surface area contributed by atoms with E-state index in [-0.39, 0.29) is 0 Å². The highest BCUT2D eigenvalue weighted by Crippen LogP contribution is 2.11. The fourth-order valence-corrected chi connectivity index (χ4v) is 2.51. The molecule has 0 amide bonds. The van der Waals surface area contributed by atoms with Crippen LogP contribution in [0.3, 0.4) is 0 Å². The number of hydrogen-bond donors (Lipinski definition) is 0. The second-order valence-electron chi connectivity index (χ2n) is 5.39. The quantitative estimate of drug-likeness (QED) is 0.790. The van der Waals surface area contributed by atoms with Gasteiger partial charge in [0.2, 0.25) is 0 Å². The molecule has 0 unspecified atom stereocenters. The first kappa shape index (κ1) is 12.6. The summed E-state index contributed by atoms with van der Waals surface area (Å²) in [5.41, 5.74) is 2.81. The van der Waals surface area contributed by atoms with E-state index in [1.807, 2.05) is 0 Å². The summed E-state index contributed by atoms with van der Waals surface area (Å²) in [7, 11) is 0. The highest BCUT2D eigenvalue weighted by Gasteiger charge is 2.18. The van der Waals surface area contributed by atoms with Gasteiger partial charge in [0.25, 0.3) is 0 Å². The van der Waals surface area contributed by atoms with Crippen molar-refractivity contribution in [3.05, 3.63) is 35.4 Å². The first-order chi connectivity index (χ1) is 8.15. The Labute approximate surface area is 105 Å². The van der Waals surface area contributed by atoms with Gasteiger partial charge in [0, 0.05) is 38.8 Å². The summed E-state index contributed by atoms with van der Waals surface area (Å²) in [6.07, 6.45) is 0. The summed E-state index contributed by atoms with van der Waals surface area (Å²) in [5, 5.41) is 0. The molecular weight excluding hydrogens is 208 g/mol. The predicted octanol–water partition coefficient (Wildman–Crippen LogP) is 2.52. The number of benzene rings is 1. The van der Waals surface area contributed by atoms with E-state index in [1.165, 1.54) is 37.3 Å². The van der Waals surface area contributed by atoms with Crippen molar-refractivity contribution >= 4 is 0 Å². The van der Waals surface area contributed by atoms with Crippen LogP contribution in [0.25, 0.3) is 0 Å². The molecule has 17 heavy (non-hydrogen) atoms. The van der Waals surface area contributed by atoms with Crippen LogP contribution in [-0.4, -0.2) is 42.0 Å². The molecule has 0 aromatic heterocycles. The van der Waals surface area contributed by atoms with Crippen molar-refractivity contribution in [1.29, 1.82) is 0 Å². The molecule has 2 heteroatoms. The molecular formula is C15H24N2. The molecule has 1 saturated heterocycles. The number of nitrogens with zero attached hydrogens (tertiary/aromatic N) is 2. The van der Waals surface area contributed by atoms with Gasteiger partial charge in [-0.3, -0.25) is 9.80 Å². The van der Waals surface area contributed by atoms with Gasteiger partial charge in [-0.05, 0) is 26.3 Å². The molecule has 0 saturated carbocycles. The molecule has 0 N–H and O–H groups in total. The van der Waals surface area contributed by atoms with Crippen LogP contribution in [0.4, 0.5) is 0 Å². The van der Waals surface area contributed by atoms with Crippen LogP contribution in [0.1, 0.15) is 25.0 Å². The average molecular weight is 232 g/mol. The minimum absolute atomic E-state index is 0.691. The Morgan fingerprint density at radius 1 is 1.12 bits per heavy atom. The molecule has 94 valence electrons. The van der Waals surface area contributed by atoms with Gasteiger partial charge in [-0.25, -0.2) is 0 Å². The molecule has 0 aliphatic carbocycles. The van der Waals surface area contributed by atoms with E-state index in [4.69, 9.17) is 0 Å². The Morgan fingerprint density at radius 3 is 2.41 bits per heavy atom. The third kappa shape index (κ3) is 3.55. The Hall–Kier alpha value is -0.860. The van der Waals surface area contributed by atoms with Crippen molar-refractivity contribution in [1.82, 2.24) is 9.80 Å². The van der Waals surface area contributed by atoms with Crippen LogP contribution in [0.2, 0.25) is 0 Å². The molecule has 0 atom stereocenters. The molecule has 0 spiro atoms. The zero-order valence-corrected chi connectivity index (χ0v) is 11.3. The maximum absolute atomic E-state index is 2.56. The average Bonchev–Trinajstić information content (AvgIpc) is 2.29. The molecule has 0 bridgehead atoms. The number of hydrogen-bond acceptors (Lipinski definition) is 2. The first-order valence-electron chi connectivity index (χ1n) is 6.67. The van der Waals surface area contributed by atoms with E-state index in [0.29, 0.717) is 6.04 Å². The normalized spacial score (nSPS) is 18.8. The van der Waals surface area contributed by atoms with Crippen LogP contribution in [-0.2, 0) is 6.54 Å². The summed E-state index contributed by atoms with van der Waals surface area (Å²) in [4.78, 5) is 5.13. The van der Waals surface area contributed by atoms with Gasteiger partial charge >= 0.3 is 0 Å². The van der Waals surface area contributed by atoms with Crippen LogP contribution < -0.4 is 0 Å². The van der Waals surface area contributed by atoms with E-state index in [1.54, 1.807) is 0 Å². The van der Waals surface area contributed by atoms with Crippen LogP contribution >= 0.6 is 0 Å². The van der Waals surface area contributed by atoms with Gasteiger partial charge in [0.05, 0.1) is 0 Å². The first-order valence-corrected chi connectivity index (χ1v) is 6.67. The third-order valence-electron chi connectivity index (χ3n) is 3.63. The van der Waals surface area contributed by atoms with Gasteiger partial charge in [0.1, 0.15) is 0 Å². The lowest BCUT2D eigenvalue weighted by Crippen LogP contribution is -2.48. The SMILES string of the molecule is Cc1cccc(CN2CCN(C(C)C)CC2)c1. The van der Waals surface area contributed by atoms with Crippen LogP contribution in [0.15, 0.2) is 24.3 Å². The molecule has 1 aliphatic rings. The standard InChI is InChI=1S/C15H24N2/c1-13(2)17-9-7-16(8-10-17)12-15-6-4-5-14(3)11-15/h4-6,11,13H,7-10,12H2,1-3H3. The van der Waals surface area contributed by atoms with Gasteiger partial charge in [0.15, 0.2) is 0 Å². The Kier molecular flexibility index (Phi) is 4.19. The maximum atomic E-state index is 2.56. The smallest absolute Gasteiger partial charge is 0.0234 e. The van der Waals surface area contributed by atoms with Crippen LogP contribution in [0, 0.1) is 6.92 Å². The van der Waals surface area contributed by atoms with Crippen molar-refractivity contribution in [3.63, 3.8) is 0 Å². The second kappa shape index (κ2) is 5.65. The summed E-state index contributed by atoms with van der Waals surface area (Å²) in [5.74, 6) is 0. The lowest BCUT2D eigenvalue weighted by molar-refractivity contribution is 0.104.